The molecule has 0 aromatic carbocycles. The first-order valence-corrected chi connectivity index (χ1v) is 2.56. The van der Waals surface area contributed by atoms with Crippen LogP contribution in [0.1, 0.15) is 10.6 Å². The first kappa shape index (κ1) is 6.63. The molecule has 0 bridgehead atoms. The van der Waals surface area contributed by atoms with E-state index in [0.717, 1.165) is 0 Å². The van der Waals surface area contributed by atoms with E-state index in [-0.39, 0.29) is 5.82 Å². The second kappa shape index (κ2) is 2.88. The number of nitrogens with one attached hydrogen (secondary N) is 1. The van der Waals surface area contributed by atoms with Crippen molar-refractivity contribution >= 4 is 5.91 Å². The van der Waals surface area contributed by atoms with Gasteiger partial charge < -0.3 is 0 Å². The summed E-state index contributed by atoms with van der Waals surface area (Å²) in [6, 6.07) is 1.58. The van der Waals surface area contributed by atoms with Crippen LogP contribution in [0.15, 0.2) is 18.5 Å². The van der Waals surface area contributed by atoms with Crippen molar-refractivity contribution < 1.29 is 10.0 Å². The van der Waals surface area contributed by atoms with E-state index in [4.69, 9.17) is 5.21 Å². The smallest absolute Gasteiger partial charge is 0.288 e. The Labute approximate surface area is 56.7 Å². The van der Waals surface area contributed by atoms with E-state index < -0.39 is 5.91 Å². The molecule has 1 heterocycles. The number of hydroxylamine groups is 1. The fourth-order valence-corrected chi connectivity index (χ4v) is 0.466. The number of carbonyl (C=O) groups excluding carboxylic acids is 1. The largest absolute Gasteiger partial charge is 0.312 e. The van der Waals surface area contributed by atoms with Gasteiger partial charge >= 0.3 is 5.91 Å². The zero-order valence-corrected chi connectivity index (χ0v) is 4.98. The molecule has 0 aliphatic rings. The standard InChI is InChI=1S/C5H5N3O2/c9-5(8-10)4-6-2-1-3-7-4/h1-3,10H,(H,8,9). The van der Waals surface area contributed by atoms with E-state index in [2.05, 4.69) is 9.97 Å². The Morgan fingerprint density at radius 2 is 2.10 bits per heavy atom. The van der Waals surface area contributed by atoms with E-state index in [1.807, 2.05) is 0 Å². The Hall–Kier alpha value is -1.49. The van der Waals surface area contributed by atoms with E-state index in [1.54, 1.807) is 6.07 Å². The molecular formula is C5H5N3O2. The summed E-state index contributed by atoms with van der Waals surface area (Å²) in [6.45, 7) is 0. The van der Waals surface area contributed by atoms with Crippen LogP contribution in [-0.4, -0.2) is 21.1 Å². The van der Waals surface area contributed by atoms with Gasteiger partial charge in [-0.3, -0.25) is 10.0 Å². The minimum Gasteiger partial charge on any atom is -0.288 e. The highest BCUT2D eigenvalue weighted by Gasteiger charge is 2.03. The third-order valence-electron chi connectivity index (χ3n) is 0.870. The van der Waals surface area contributed by atoms with E-state index in [1.165, 1.54) is 17.9 Å². The van der Waals surface area contributed by atoms with Crippen molar-refractivity contribution in [3.05, 3.63) is 24.3 Å². The van der Waals surface area contributed by atoms with E-state index in [9.17, 15) is 4.79 Å². The zero-order valence-electron chi connectivity index (χ0n) is 4.98. The van der Waals surface area contributed by atoms with Gasteiger partial charge in [-0.15, -0.1) is 0 Å². The molecule has 1 rings (SSSR count). The monoisotopic (exact) mass is 139 g/mol. The number of aromatic nitrogens is 2. The summed E-state index contributed by atoms with van der Waals surface area (Å²) in [5.41, 5.74) is 1.42. The van der Waals surface area contributed by atoms with Gasteiger partial charge in [-0.2, -0.15) is 0 Å². The van der Waals surface area contributed by atoms with E-state index >= 15 is 0 Å². The Morgan fingerprint density at radius 3 is 2.60 bits per heavy atom. The van der Waals surface area contributed by atoms with Crippen LogP contribution in [0.5, 0.6) is 0 Å². The molecule has 1 aromatic rings. The van der Waals surface area contributed by atoms with Crippen LogP contribution < -0.4 is 5.48 Å². The second-order valence-corrected chi connectivity index (χ2v) is 1.51. The van der Waals surface area contributed by atoms with Crippen LogP contribution in [0.25, 0.3) is 0 Å². The van der Waals surface area contributed by atoms with Crippen molar-refractivity contribution in [1.82, 2.24) is 15.4 Å². The van der Waals surface area contributed by atoms with Crippen molar-refractivity contribution in [3.63, 3.8) is 0 Å². The number of rotatable bonds is 1. The summed E-state index contributed by atoms with van der Waals surface area (Å²) in [4.78, 5) is 17.7. The van der Waals surface area contributed by atoms with Crippen LogP contribution in [0.4, 0.5) is 0 Å². The average Bonchev–Trinajstić information content (AvgIpc) is 2.05. The van der Waals surface area contributed by atoms with Gasteiger partial charge in [0.15, 0.2) is 0 Å². The molecule has 5 nitrogen and oxygen atoms in total. The predicted molar refractivity (Wildman–Crippen MR) is 31.3 cm³/mol. The molecule has 0 aliphatic carbocycles. The van der Waals surface area contributed by atoms with E-state index in [0.29, 0.717) is 0 Å². The van der Waals surface area contributed by atoms with Crippen molar-refractivity contribution in [2.75, 3.05) is 0 Å². The van der Waals surface area contributed by atoms with Crippen LogP contribution >= 0.6 is 0 Å². The van der Waals surface area contributed by atoms with Crippen LogP contribution in [0.3, 0.4) is 0 Å². The Balaban J connectivity index is 2.85. The van der Waals surface area contributed by atoms with Gasteiger partial charge in [0, 0.05) is 12.4 Å². The fourth-order valence-electron chi connectivity index (χ4n) is 0.466. The lowest BCUT2D eigenvalue weighted by Gasteiger charge is -1.92. The van der Waals surface area contributed by atoms with Crippen molar-refractivity contribution in [2.45, 2.75) is 0 Å². The number of hydrogen-bond donors (Lipinski definition) is 2. The molecule has 1 aromatic heterocycles. The fraction of sp³-hybridized carbons (Fsp3) is 0. The Kier molecular flexibility index (Phi) is 1.91. The minimum atomic E-state index is -0.708. The van der Waals surface area contributed by atoms with Gasteiger partial charge in [0.25, 0.3) is 0 Å². The zero-order chi connectivity index (χ0) is 7.40. The van der Waals surface area contributed by atoms with Crippen LogP contribution in [-0.2, 0) is 0 Å². The van der Waals surface area contributed by atoms with Crippen LogP contribution in [0, 0.1) is 0 Å². The highest BCUT2D eigenvalue weighted by molar-refractivity contribution is 5.89. The third kappa shape index (κ3) is 1.26. The quantitative estimate of drug-likeness (QED) is 0.410. The van der Waals surface area contributed by atoms with Gasteiger partial charge in [0.05, 0.1) is 0 Å². The lowest BCUT2D eigenvalue weighted by atomic mass is 10.5. The molecule has 0 unspecified atom stereocenters. The van der Waals surface area contributed by atoms with Crippen LogP contribution in [0.2, 0.25) is 0 Å². The molecule has 0 atom stereocenters. The maximum absolute atomic E-state index is 10.5. The SMILES string of the molecule is O=C(NO)c1ncccn1. The number of nitrogens with zero attached hydrogens (tertiary/aromatic N) is 2. The molecule has 52 valence electrons. The molecule has 2 N–H and O–H groups in total. The normalized spacial score (nSPS) is 8.90. The topological polar surface area (TPSA) is 75.1 Å². The lowest BCUT2D eigenvalue weighted by molar-refractivity contribution is 0.0694. The molecule has 0 saturated heterocycles. The predicted octanol–water partition coefficient (Wildman–Crippen LogP) is -0.404. The van der Waals surface area contributed by atoms with Crippen molar-refractivity contribution in [1.29, 1.82) is 0 Å². The van der Waals surface area contributed by atoms with Gasteiger partial charge in [-0.1, -0.05) is 0 Å². The third-order valence-corrected chi connectivity index (χ3v) is 0.870. The van der Waals surface area contributed by atoms with Gasteiger partial charge in [-0.05, 0) is 6.07 Å². The maximum Gasteiger partial charge on any atom is 0.312 e. The average molecular weight is 139 g/mol. The summed E-state index contributed by atoms with van der Waals surface area (Å²) in [5.74, 6) is -0.759. The lowest BCUT2D eigenvalue weighted by Crippen LogP contribution is -2.20. The molecule has 0 radical (unpaired) electrons. The molecule has 1 amide bonds. The van der Waals surface area contributed by atoms with Crippen molar-refractivity contribution in [3.8, 4) is 0 Å². The molecule has 0 saturated carbocycles. The highest BCUT2D eigenvalue weighted by atomic mass is 16.5. The van der Waals surface area contributed by atoms with Gasteiger partial charge in [-0.25, -0.2) is 15.4 Å². The number of amides is 1. The summed E-state index contributed by atoms with van der Waals surface area (Å²) in [7, 11) is 0. The minimum absolute atomic E-state index is 0.0509. The molecule has 10 heavy (non-hydrogen) atoms. The number of carbonyl (C=O) groups is 1. The first-order chi connectivity index (χ1) is 4.84. The Morgan fingerprint density at radius 1 is 1.50 bits per heavy atom. The van der Waals surface area contributed by atoms with Gasteiger partial charge in [0.1, 0.15) is 0 Å². The Bertz CT molecular complexity index is 224. The molecular weight excluding hydrogens is 134 g/mol. The second-order valence-electron chi connectivity index (χ2n) is 1.51. The summed E-state index contributed by atoms with van der Waals surface area (Å²) in [5, 5.41) is 8.11. The highest BCUT2D eigenvalue weighted by Crippen LogP contribution is 1.84. The van der Waals surface area contributed by atoms with Gasteiger partial charge in [0.2, 0.25) is 5.82 Å². The molecule has 5 heteroatoms. The summed E-state index contributed by atoms with van der Waals surface area (Å²) < 4.78 is 0. The van der Waals surface area contributed by atoms with Crippen molar-refractivity contribution in [2.24, 2.45) is 0 Å². The molecule has 0 fully saturated rings. The summed E-state index contributed by atoms with van der Waals surface area (Å²) >= 11 is 0. The number of hydrogen-bond acceptors (Lipinski definition) is 4. The molecule has 0 spiro atoms. The molecule has 0 aliphatic heterocycles. The summed E-state index contributed by atoms with van der Waals surface area (Å²) in [6.07, 6.45) is 2.83. The first-order valence-electron chi connectivity index (χ1n) is 2.56. The maximum atomic E-state index is 10.5.